The number of phenols is 1. The third-order valence-electron chi connectivity index (χ3n) is 1.88. The number of ether oxygens (including phenoxy) is 2. The molecular weight excluding hydrogens is 276 g/mol. The lowest BCUT2D eigenvalue weighted by atomic mass is 10.2. The van der Waals surface area contributed by atoms with E-state index in [0.717, 1.165) is 0 Å². The molecule has 16 heavy (non-hydrogen) atoms. The highest BCUT2D eigenvalue weighted by Crippen LogP contribution is 2.35. The lowest BCUT2D eigenvalue weighted by Crippen LogP contribution is -1.93. The van der Waals surface area contributed by atoms with Crippen LogP contribution in [0, 0.1) is 0 Å². The van der Waals surface area contributed by atoms with Crippen molar-refractivity contribution in [3.63, 3.8) is 0 Å². The Bertz CT molecular complexity index is 426. The average molecular weight is 287 g/mol. The minimum atomic E-state index is -0.442. The molecule has 0 aliphatic rings. The SMILES string of the molecule is COC(=O)/C=C/c1cc(Br)c(O)c(OC)c1. The van der Waals surface area contributed by atoms with Gasteiger partial charge in [0.05, 0.1) is 18.7 Å². The number of methoxy groups -OCH3 is 2. The van der Waals surface area contributed by atoms with Crippen LogP contribution in [0.2, 0.25) is 0 Å². The Morgan fingerprint density at radius 2 is 2.12 bits per heavy atom. The van der Waals surface area contributed by atoms with E-state index in [-0.39, 0.29) is 5.75 Å². The fourth-order valence-electron chi connectivity index (χ4n) is 1.08. The summed E-state index contributed by atoms with van der Waals surface area (Å²) in [5, 5.41) is 9.56. The van der Waals surface area contributed by atoms with Crippen molar-refractivity contribution in [3.05, 3.63) is 28.2 Å². The van der Waals surface area contributed by atoms with E-state index in [9.17, 15) is 9.90 Å². The van der Waals surface area contributed by atoms with Gasteiger partial charge in [-0.3, -0.25) is 0 Å². The Labute approximate surface area is 102 Å². The molecule has 0 fully saturated rings. The maximum atomic E-state index is 10.9. The van der Waals surface area contributed by atoms with Crippen molar-refractivity contribution in [1.29, 1.82) is 0 Å². The van der Waals surface area contributed by atoms with Crippen molar-refractivity contribution in [3.8, 4) is 11.5 Å². The van der Waals surface area contributed by atoms with Gasteiger partial charge in [-0.1, -0.05) is 0 Å². The predicted octanol–water partition coefficient (Wildman–Crippen LogP) is 2.35. The maximum absolute atomic E-state index is 10.9. The van der Waals surface area contributed by atoms with E-state index in [1.165, 1.54) is 20.3 Å². The number of carbonyl (C=O) groups is 1. The summed E-state index contributed by atoms with van der Waals surface area (Å²) in [4.78, 5) is 10.9. The summed E-state index contributed by atoms with van der Waals surface area (Å²) in [6.07, 6.45) is 2.86. The zero-order chi connectivity index (χ0) is 12.1. The van der Waals surface area contributed by atoms with E-state index >= 15 is 0 Å². The first-order chi connectivity index (χ1) is 7.58. The van der Waals surface area contributed by atoms with Gasteiger partial charge in [0.15, 0.2) is 11.5 Å². The zero-order valence-electron chi connectivity index (χ0n) is 8.86. The first kappa shape index (κ1) is 12.6. The smallest absolute Gasteiger partial charge is 0.330 e. The van der Waals surface area contributed by atoms with Crippen molar-refractivity contribution in [2.45, 2.75) is 0 Å². The van der Waals surface area contributed by atoms with Crippen LogP contribution in [0.15, 0.2) is 22.7 Å². The second-order valence-corrected chi connectivity index (χ2v) is 3.76. The Morgan fingerprint density at radius 3 is 2.69 bits per heavy atom. The molecule has 5 heteroatoms. The lowest BCUT2D eigenvalue weighted by molar-refractivity contribution is -0.134. The van der Waals surface area contributed by atoms with E-state index in [4.69, 9.17) is 4.74 Å². The van der Waals surface area contributed by atoms with Gasteiger partial charge < -0.3 is 14.6 Å². The Morgan fingerprint density at radius 1 is 1.44 bits per heavy atom. The molecule has 0 aliphatic heterocycles. The Kier molecular flexibility index (Phi) is 4.37. The third kappa shape index (κ3) is 3.00. The highest BCUT2D eigenvalue weighted by Gasteiger charge is 2.07. The van der Waals surface area contributed by atoms with Crippen LogP contribution in [0.4, 0.5) is 0 Å². The molecule has 0 saturated heterocycles. The van der Waals surface area contributed by atoms with Gasteiger partial charge in [0, 0.05) is 6.08 Å². The molecule has 1 rings (SSSR count). The summed E-state index contributed by atoms with van der Waals surface area (Å²) in [5.41, 5.74) is 0.715. The van der Waals surface area contributed by atoms with Crippen molar-refractivity contribution in [2.24, 2.45) is 0 Å². The fraction of sp³-hybridized carbons (Fsp3) is 0.182. The first-order valence-corrected chi connectivity index (χ1v) is 5.20. The van der Waals surface area contributed by atoms with Gasteiger partial charge >= 0.3 is 5.97 Å². The van der Waals surface area contributed by atoms with Crippen LogP contribution in [0.5, 0.6) is 11.5 Å². The van der Waals surface area contributed by atoms with Crippen LogP contribution in [-0.2, 0) is 9.53 Å². The van der Waals surface area contributed by atoms with E-state index in [1.54, 1.807) is 18.2 Å². The van der Waals surface area contributed by atoms with Crippen molar-refractivity contribution >= 4 is 28.0 Å². The summed E-state index contributed by atoms with van der Waals surface area (Å²) >= 11 is 3.18. The molecule has 0 atom stereocenters. The molecule has 0 amide bonds. The van der Waals surface area contributed by atoms with Crippen LogP contribution in [0.3, 0.4) is 0 Å². The predicted molar refractivity (Wildman–Crippen MR) is 63.4 cm³/mol. The molecule has 4 nitrogen and oxygen atoms in total. The third-order valence-corrected chi connectivity index (χ3v) is 2.49. The molecular formula is C11H11BrO4. The number of carbonyl (C=O) groups excluding carboxylic acids is 1. The number of aromatic hydroxyl groups is 1. The van der Waals surface area contributed by atoms with E-state index in [2.05, 4.69) is 20.7 Å². The van der Waals surface area contributed by atoms with Gasteiger partial charge in [0.2, 0.25) is 0 Å². The molecule has 0 aliphatic carbocycles. The second kappa shape index (κ2) is 5.55. The van der Waals surface area contributed by atoms with Crippen LogP contribution in [0.25, 0.3) is 6.08 Å². The molecule has 1 N–H and O–H groups in total. The molecule has 0 radical (unpaired) electrons. The van der Waals surface area contributed by atoms with Gasteiger partial charge in [0.1, 0.15) is 0 Å². The summed E-state index contributed by atoms with van der Waals surface area (Å²) in [6, 6.07) is 3.27. The molecule has 1 aromatic carbocycles. The standard InChI is InChI=1S/C11H11BrO4/c1-15-9-6-7(3-4-10(13)16-2)5-8(12)11(9)14/h3-6,14H,1-2H3/b4-3+. The van der Waals surface area contributed by atoms with Gasteiger partial charge in [-0.15, -0.1) is 0 Å². The number of hydrogen-bond donors (Lipinski definition) is 1. The Hall–Kier alpha value is -1.49. The van der Waals surface area contributed by atoms with E-state index in [0.29, 0.717) is 15.8 Å². The summed E-state index contributed by atoms with van der Waals surface area (Å²) in [5.74, 6) is -0.0835. The normalized spacial score (nSPS) is 10.4. The van der Waals surface area contributed by atoms with Crippen molar-refractivity contribution < 1.29 is 19.4 Å². The first-order valence-electron chi connectivity index (χ1n) is 4.41. The molecule has 0 aromatic heterocycles. The molecule has 0 saturated carbocycles. The van der Waals surface area contributed by atoms with Crippen LogP contribution in [-0.4, -0.2) is 25.3 Å². The lowest BCUT2D eigenvalue weighted by Gasteiger charge is -2.06. The number of phenolic OH excluding ortho intramolecular Hbond substituents is 1. The van der Waals surface area contributed by atoms with Crippen LogP contribution < -0.4 is 4.74 Å². The quantitative estimate of drug-likeness (QED) is 0.685. The van der Waals surface area contributed by atoms with E-state index < -0.39 is 5.97 Å². The van der Waals surface area contributed by atoms with Crippen LogP contribution >= 0.6 is 15.9 Å². The topological polar surface area (TPSA) is 55.8 Å². The Balaban J connectivity index is 3.03. The monoisotopic (exact) mass is 286 g/mol. The fourth-order valence-corrected chi connectivity index (χ4v) is 1.54. The van der Waals surface area contributed by atoms with E-state index in [1.807, 2.05) is 0 Å². The van der Waals surface area contributed by atoms with Crippen molar-refractivity contribution in [1.82, 2.24) is 0 Å². The number of esters is 1. The highest BCUT2D eigenvalue weighted by molar-refractivity contribution is 9.10. The summed E-state index contributed by atoms with van der Waals surface area (Å²) in [6.45, 7) is 0. The molecule has 86 valence electrons. The molecule has 0 unspecified atom stereocenters. The average Bonchev–Trinajstić information content (AvgIpc) is 2.29. The second-order valence-electron chi connectivity index (χ2n) is 2.91. The zero-order valence-corrected chi connectivity index (χ0v) is 10.4. The maximum Gasteiger partial charge on any atom is 0.330 e. The van der Waals surface area contributed by atoms with Crippen molar-refractivity contribution in [2.75, 3.05) is 14.2 Å². The minimum absolute atomic E-state index is 0.0257. The number of benzene rings is 1. The number of halogens is 1. The largest absolute Gasteiger partial charge is 0.503 e. The van der Waals surface area contributed by atoms with Gasteiger partial charge in [0.25, 0.3) is 0 Å². The van der Waals surface area contributed by atoms with Crippen LogP contribution in [0.1, 0.15) is 5.56 Å². The van der Waals surface area contributed by atoms with Gasteiger partial charge in [-0.25, -0.2) is 4.79 Å². The van der Waals surface area contributed by atoms with Gasteiger partial charge in [-0.05, 0) is 39.7 Å². The molecule has 1 aromatic rings. The summed E-state index contributed by atoms with van der Waals surface area (Å²) in [7, 11) is 2.76. The number of rotatable bonds is 3. The molecule has 0 spiro atoms. The minimum Gasteiger partial charge on any atom is -0.503 e. The molecule has 0 heterocycles. The molecule has 0 bridgehead atoms. The summed E-state index contributed by atoms with van der Waals surface area (Å²) < 4.78 is 9.93. The number of hydrogen-bond acceptors (Lipinski definition) is 4. The highest BCUT2D eigenvalue weighted by atomic mass is 79.9. The van der Waals surface area contributed by atoms with Gasteiger partial charge in [-0.2, -0.15) is 0 Å².